The molecule has 1 fully saturated rings. The molecule has 1 saturated heterocycles. The molecule has 5 nitrogen and oxygen atoms in total. The summed E-state index contributed by atoms with van der Waals surface area (Å²) in [6, 6.07) is 19.9. The molecule has 3 rings (SSSR count). The van der Waals surface area contributed by atoms with Crippen molar-refractivity contribution in [3.8, 4) is 5.75 Å². The van der Waals surface area contributed by atoms with Crippen LogP contribution in [0.25, 0.3) is 0 Å². The van der Waals surface area contributed by atoms with Crippen LogP contribution in [0.1, 0.15) is 45.2 Å². The molecule has 2 aromatic rings. The van der Waals surface area contributed by atoms with Gasteiger partial charge in [0.05, 0.1) is 7.11 Å². The van der Waals surface area contributed by atoms with Gasteiger partial charge >= 0.3 is 0 Å². The number of ether oxygens (including phenoxy) is 1. The van der Waals surface area contributed by atoms with Crippen LogP contribution in [-0.4, -0.2) is 61.1 Å². The number of aryl methyl sites for hydroxylation is 1. The van der Waals surface area contributed by atoms with Crippen molar-refractivity contribution in [3.05, 3.63) is 102 Å². The van der Waals surface area contributed by atoms with E-state index in [1.165, 1.54) is 11.1 Å². The molecule has 2 atom stereocenters. The molecule has 1 amide bonds. The third-order valence-electron chi connectivity index (χ3n) is 6.77. The van der Waals surface area contributed by atoms with Gasteiger partial charge < -0.3 is 15.0 Å². The van der Waals surface area contributed by atoms with E-state index in [4.69, 9.17) is 4.74 Å². The molecule has 1 heterocycles. The van der Waals surface area contributed by atoms with Crippen LogP contribution in [0, 0.1) is 0 Å². The normalized spacial score (nSPS) is 18.0. The first kappa shape index (κ1) is 31.1. The van der Waals surface area contributed by atoms with Gasteiger partial charge in [0, 0.05) is 50.4 Å². The Kier molecular flexibility index (Phi) is 14.2. The molecule has 0 bridgehead atoms. The summed E-state index contributed by atoms with van der Waals surface area (Å²) in [5, 5.41) is 3.50. The van der Waals surface area contributed by atoms with E-state index in [0.29, 0.717) is 17.7 Å². The molecular formula is C33H47N3O2. The van der Waals surface area contributed by atoms with E-state index >= 15 is 0 Å². The number of hydrogen-bond acceptors (Lipinski definition) is 4. The van der Waals surface area contributed by atoms with E-state index in [0.717, 1.165) is 51.3 Å². The van der Waals surface area contributed by atoms with Crippen LogP contribution in [0.15, 0.2) is 91.1 Å². The average Bonchev–Trinajstić information content (AvgIpc) is 2.94. The predicted octanol–water partition coefficient (Wildman–Crippen LogP) is 6.03. The summed E-state index contributed by atoms with van der Waals surface area (Å²) in [4.78, 5) is 16.7. The fraction of sp³-hybridized carbons (Fsp3) is 0.424. The maximum atomic E-state index is 12.3. The average molecular weight is 518 g/mol. The molecule has 0 aliphatic carbocycles. The molecule has 1 aliphatic heterocycles. The van der Waals surface area contributed by atoms with Crippen LogP contribution in [0.5, 0.6) is 5.75 Å². The zero-order valence-corrected chi connectivity index (χ0v) is 24.0. The van der Waals surface area contributed by atoms with E-state index in [2.05, 4.69) is 61.0 Å². The number of nitrogens with zero attached hydrogens (tertiary/aromatic N) is 2. The largest absolute Gasteiger partial charge is 0.497 e. The van der Waals surface area contributed by atoms with E-state index in [1.807, 2.05) is 55.2 Å². The summed E-state index contributed by atoms with van der Waals surface area (Å²) in [6.07, 6.45) is 9.31. The van der Waals surface area contributed by atoms with E-state index < -0.39 is 0 Å². The van der Waals surface area contributed by atoms with Gasteiger partial charge in [0.1, 0.15) is 5.75 Å². The third kappa shape index (κ3) is 10.7. The third-order valence-corrected chi connectivity index (χ3v) is 6.77. The van der Waals surface area contributed by atoms with E-state index in [9.17, 15) is 4.79 Å². The lowest BCUT2D eigenvalue weighted by Gasteiger charge is -2.37. The van der Waals surface area contributed by atoms with E-state index in [1.54, 1.807) is 19.3 Å². The van der Waals surface area contributed by atoms with E-state index in [-0.39, 0.29) is 5.91 Å². The Labute approximate surface area is 230 Å². The minimum absolute atomic E-state index is 0.0656. The van der Waals surface area contributed by atoms with Gasteiger partial charge in [-0.25, -0.2) is 0 Å². The number of benzene rings is 2. The van der Waals surface area contributed by atoms with Crippen LogP contribution >= 0.6 is 0 Å². The maximum absolute atomic E-state index is 12.3. The summed E-state index contributed by atoms with van der Waals surface area (Å²) >= 11 is 0. The molecule has 1 unspecified atom stereocenters. The van der Waals surface area contributed by atoms with Gasteiger partial charge in [-0.2, -0.15) is 0 Å². The number of likely N-dealkylation sites (N-methyl/N-ethyl adjacent to an activating group) is 1. The van der Waals surface area contributed by atoms with Crippen molar-refractivity contribution in [2.45, 2.75) is 59.2 Å². The van der Waals surface area contributed by atoms with Crippen LogP contribution in [-0.2, 0) is 17.8 Å². The van der Waals surface area contributed by atoms with Crippen LogP contribution in [0.4, 0.5) is 0 Å². The molecule has 206 valence electrons. The minimum Gasteiger partial charge on any atom is -0.497 e. The SMILES string of the molecule is C=C/C=C(\C=C/CCc1ccccc1)C(=O)N(CC)CC.COc1ccc(CN2CC(C)NC[C@H]2C)cc1. The summed E-state index contributed by atoms with van der Waals surface area (Å²) in [7, 11) is 1.70. The molecule has 0 spiro atoms. The Morgan fingerprint density at radius 2 is 1.76 bits per heavy atom. The number of piperazine rings is 1. The second-order valence-electron chi connectivity index (χ2n) is 9.70. The number of carbonyl (C=O) groups is 1. The lowest BCUT2D eigenvalue weighted by atomic mass is 10.1. The molecule has 1 aliphatic rings. The number of rotatable bonds is 11. The fourth-order valence-electron chi connectivity index (χ4n) is 4.41. The molecule has 38 heavy (non-hydrogen) atoms. The monoisotopic (exact) mass is 517 g/mol. The Morgan fingerprint density at radius 3 is 2.37 bits per heavy atom. The minimum atomic E-state index is 0.0656. The van der Waals surface area contributed by atoms with Crippen LogP contribution in [0.2, 0.25) is 0 Å². The van der Waals surface area contributed by atoms with Crippen molar-refractivity contribution >= 4 is 5.91 Å². The Morgan fingerprint density at radius 1 is 1.08 bits per heavy atom. The van der Waals surface area contributed by atoms with Gasteiger partial charge in [0.15, 0.2) is 0 Å². The number of hydrogen-bond donors (Lipinski definition) is 1. The quantitative estimate of drug-likeness (QED) is 0.292. The number of carbonyl (C=O) groups excluding carboxylic acids is 1. The molecule has 0 aromatic heterocycles. The molecule has 2 aromatic carbocycles. The lowest BCUT2D eigenvalue weighted by Crippen LogP contribution is -2.53. The molecule has 0 radical (unpaired) electrons. The number of allylic oxidation sites excluding steroid dienone is 3. The van der Waals surface area contributed by atoms with Crippen molar-refractivity contribution in [2.75, 3.05) is 33.3 Å². The number of nitrogens with one attached hydrogen (secondary N) is 1. The molecule has 5 heteroatoms. The van der Waals surface area contributed by atoms with Crippen molar-refractivity contribution in [3.63, 3.8) is 0 Å². The zero-order valence-electron chi connectivity index (χ0n) is 24.0. The lowest BCUT2D eigenvalue weighted by molar-refractivity contribution is -0.126. The van der Waals surface area contributed by atoms with Crippen molar-refractivity contribution in [1.82, 2.24) is 15.1 Å². The summed E-state index contributed by atoms with van der Waals surface area (Å²) in [5.74, 6) is 0.992. The van der Waals surface area contributed by atoms with Crippen molar-refractivity contribution < 1.29 is 9.53 Å². The molecule has 1 N–H and O–H groups in total. The van der Waals surface area contributed by atoms with Gasteiger partial charge in [0.25, 0.3) is 5.91 Å². The first-order valence-electron chi connectivity index (χ1n) is 13.8. The molecule has 0 saturated carbocycles. The van der Waals surface area contributed by atoms with Gasteiger partial charge in [-0.3, -0.25) is 9.69 Å². The van der Waals surface area contributed by atoms with Crippen LogP contribution in [0.3, 0.4) is 0 Å². The second-order valence-corrected chi connectivity index (χ2v) is 9.70. The highest BCUT2D eigenvalue weighted by Crippen LogP contribution is 2.16. The number of methoxy groups -OCH3 is 1. The van der Waals surface area contributed by atoms with Gasteiger partial charge in [-0.05, 0) is 63.8 Å². The van der Waals surface area contributed by atoms with Crippen molar-refractivity contribution in [1.29, 1.82) is 0 Å². The first-order chi connectivity index (χ1) is 18.4. The summed E-state index contributed by atoms with van der Waals surface area (Å²) < 4.78 is 5.17. The smallest absolute Gasteiger partial charge is 0.253 e. The molecular weight excluding hydrogens is 470 g/mol. The predicted molar refractivity (Wildman–Crippen MR) is 160 cm³/mol. The highest BCUT2D eigenvalue weighted by Gasteiger charge is 2.22. The highest BCUT2D eigenvalue weighted by atomic mass is 16.5. The highest BCUT2D eigenvalue weighted by molar-refractivity contribution is 5.96. The Hall–Kier alpha value is -3.15. The number of amides is 1. The van der Waals surface area contributed by atoms with Gasteiger partial charge in [-0.15, -0.1) is 0 Å². The second kappa shape index (κ2) is 17.4. The fourth-order valence-corrected chi connectivity index (χ4v) is 4.41. The zero-order chi connectivity index (χ0) is 27.8. The summed E-state index contributed by atoms with van der Waals surface area (Å²) in [6.45, 7) is 16.9. The maximum Gasteiger partial charge on any atom is 0.253 e. The topological polar surface area (TPSA) is 44.8 Å². The Balaban J connectivity index is 0.000000272. The van der Waals surface area contributed by atoms with Gasteiger partial charge in [0.2, 0.25) is 0 Å². The van der Waals surface area contributed by atoms with Crippen molar-refractivity contribution in [2.24, 2.45) is 0 Å². The first-order valence-corrected chi connectivity index (χ1v) is 13.8. The Bertz CT molecular complexity index is 1010. The van der Waals surface area contributed by atoms with Crippen LogP contribution < -0.4 is 10.1 Å². The standard InChI is InChI=1S/C19H25NO.C14H22N2O/c1-4-12-18(19(21)20(5-2)6-3)16-11-10-15-17-13-8-7-9-14-17;1-11-9-16(12(2)8-15-11)10-13-4-6-14(17-3)7-5-13/h4,7-9,11-14,16H,1,5-6,10,15H2,2-3H3;4-7,11-12,15H,8-10H2,1-3H3/b16-11-,18-12+;/t;11?,12-/m.1/s1. The summed E-state index contributed by atoms with van der Waals surface area (Å²) in [5.41, 5.74) is 3.36. The van der Waals surface area contributed by atoms with Gasteiger partial charge in [-0.1, -0.05) is 73.3 Å².